The first-order chi connectivity index (χ1) is 16.5. The summed E-state index contributed by atoms with van der Waals surface area (Å²) in [5.41, 5.74) is 3.09. The van der Waals surface area contributed by atoms with E-state index in [-0.39, 0.29) is 12.4 Å². The fourth-order valence-electron chi connectivity index (χ4n) is 3.40. The highest BCUT2D eigenvalue weighted by molar-refractivity contribution is 14.1. The van der Waals surface area contributed by atoms with Crippen LogP contribution in [0.4, 0.5) is 4.39 Å². The Bertz CT molecular complexity index is 1410. The van der Waals surface area contributed by atoms with E-state index in [2.05, 4.69) is 38.6 Å². The lowest BCUT2D eigenvalue weighted by atomic mass is 10.1. The van der Waals surface area contributed by atoms with Crippen molar-refractivity contribution in [2.45, 2.75) is 13.5 Å². The Kier molecular flexibility index (Phi) is 7.33. The Balaban J connectivity index is 1.66. The number of benzene rings is 3. The van der Waals surface area contributed by atoms with Crippen LogP contribution in [0.1, 0.15) is 23.9 Å². The number of aromatic amines is 1. The van der Waals surface area contributed by atoms with Gasteiger partial charge in [0, 0.05) is 11.6 Å². The lowest BCUT2D eigenvalue weighted by Crippen LogP contribution is -2.03. The summed E-state index contributed by atoms with van der Waals surface area (Å²) in [7, 11) is 1.60. The van der Waals surface area contributed by atoms with Crippen molar-refractivity contribution in [3.05, 3.63) is 80.9 Å². The van der Waals surface area contributed by atoms with Crippen molar-refractivity contribution < 1.29 is 18.6 Å². The number of nitrogens with zero attached hydrogens (tertiary/aromatic N) is 2. The number of fused-ring (bicyclic) bond motifs is 1. The molecule has 0 saturated heterocycles. The Morgan fingerprint density at radius 1 is 1.18 bits per heavy atom. The smallest absolute Gasteiger partial charge is 0.175 e. The minimum Gasteiger partial charge on any atom is -0.497 e. The molecular formula is C26H21FIN3O3. The number of halogens is 2. The van der Waals surface area contributed by atoms with E-state index >= 15 is 0 Å². The first kappa shape index (κ1) is 23.6. The predicted octanol–water partition coefficient (Wildman–Crippen LogP) is 6.36. The van der Waals surface area contributed by atoms with Gasteiger partial charge in [0.1, 0.15) is 30.1 Å². The molecule has 4 rings (SSSR count). The minimum atomic E-state index is -0.322. The van der Waals surface area contributed by atoms with Crippen molar-refractivity contribution in [2.24, 2.45) is 0 Å². The summed E-state index contributed by atoms with van der Waals surface area (Å²) in [4.78, 5) is 7.71. The van der Waals surface area contributed by atoms with Crippen LogP contribution < -0.4 is 14.2 Å². The lowest BCUT2D eigenvalue weighted by Gasteiger charge is -2.15. The summed E-state index contributed by atoms with van der Waals surface area (Å²) in [5, 5.41) is 9.80. The monoisotopic (exact) mass is 569 g/mol. The minimum absolute atomic E-state index is 0.0732. The second kappa shape index (κ2) is 10.6. The second-order valence-corrected chi connectivity index (χ2v) is 8.44. The van der Waals surface area contributed by atoms with Crippen molar-refractivity contribution in [2.75, 3.05) is 13.7 Å². The fourth-order valence-corrected chi connectivity index (χ4v) is 4.18. The first-order valence-electron chi connectivity index (χ1n) is 10.5. The molecule has 0 fully saturated rings. The molecule has 4 aromatic rings. The van der Waals surface area contributed by atoms with E-state index in [1.165, 1.54) is 6.07 Å². The number of hydrogen-bond donors (Lipinski definition) is 1. The zero-order chi connectivity index (χ0) is 24.1. The van der Waals surface area contributed by atoms with Gasteiger partial charge in [-0.05, 0) is 71.5 Å². The van der Waals surface area contributed by atoms with E-state index in [4.69, 9.17) is 14.2 Å². The summed E-state index contributed by atoms with van der Waals surface area (Å²) in [5.74, 6) is 1.88. The van der Waals surface area contributed by atoms with Gasteiger partial charge in [-0.15, -0.1) is 0 Å². The van der Waals surface area contributed by atoms with E-state index in [1.54, 1.807) is 37.5 Å². The van der Waals surface area contributed by atoms with E-state index < -0.39 is 0 Å². The van der Waals surface area contributed by atoms with Crippen LogP contribution in [0.2, 0.25) is 0 Å². The van der Waals surface area contributed by atoms with Crippen molar-refractivity contribution >= 4 is 45.3 Å². The van der Waals surface area contributed by atoms with E-state index in [0.29, 0.717) is 40.8 Å². The van der Waals surface area contributed by atoms with Crippen LogP contribution in [-0.2, 0) is 6.61 Å². The summed E-state index contributed by atoms with van der Waals surface area (Å²) in [6.45, 7) is 2.37. The quantitative estimate of drug-likeness (QED) is 0.198. The van der Waals surface area contributed by atoms with Crippen LogP contribution >= 0.6 is 22.6 Å². The largest absolute Gasteiger partial charge is 0.497 e. The molecule has 0 amide bonds. The van der Waals surface area contributed by atoms with Gasteiger partial charge < -0.3 is 19.2 Å². The molecule has 8 heteroatoms. The van der Waals surface area contributed by atoms with Crippen LogP contribution in [0.3, 0.4) is 0 Å². The van der Waals surface area contributed by atoms with Crippen molar-refractivity contribution in [1.29, 1.82) is 5.26 Å². The number of nitriles is 1. The molecule has 1 heterocycles. The molecule has 0 aliphatic heterocycles. The van der Waals surface area contributed by atoms with Gasteiger partial charge in [-0.3, -0.25) is 0 Å². The van der Waals surface area contributed by atoms with E-state index in [0.717, 1.165) is 20.2 Å². The maximum atomic E-state index is 14.0. The molecule has 1 N–H and O–H groups in total. The second-order valence-electron chi connectivity index (χ2n) is 7.28. The highest BCUT2D eigenvalue weighted by Gasteiger charge is 2.15. The standard InChI is InChI=1S/C26H21FIN3O3/c1-3-33-24-12-16(11-21(28)25(24)34-15-17-6-4-5-7-20(17)27)10-18(14-29)26-30-22-9-8-19(32-2)13-23(22)31-26/h4-13H,3,15H2,1-2H3,(H,30,31)/b18-10-. The first-order valence-corrected chi connectivity index (χ1v) is 11.6. The molecule has 3 aromatic carbocycles. The molecule has 0 aliphatic rings. The van der Waals surface area contributed by atoms with E-state index in [1.807, 2.05) is 31.2 Å². The van der Waals surface area contributed by atoms with Gasteiger partial charge in [0.05, 0.1) is 33.9 Å². The molecule has 6 nitrogen and oxygen atoms in total. The SMILES string of the molecule is CCOc1cc(/C=C(/C#N)c2nc3ccc(OC)cc3[nH]2)cc(I)c1OCc1ccccc1F. The van der Waals surface area contributed by atoms with Crippen molar-refractivity contribution in [3.63, 3.8) is 0 Å². The third-order valence-corrected chi connectivity index (χ3v) is 5.84. The van der Waals surface area contributed by atoms with Crippen LogP contribution in [0.15, 0.2) is 54.6 Å². The Hall–Kier alpha value is -3.58. The van der Waals surface area contributed by atoms with Gasteiger partial charge >= 0.3 is 0 Å². The Morgan fingerprint density at radius 3 is 2.74 bits per heavy atom. The number of H-pyrrole nitrogens is 1. The summed E-state index contributed by atoms with van der Waals surface area (Å²) in [6.07, 6.45) is 1.74. The molecule has 1 aromatic heterocycles. The maximum Gasteiger partial charge on any atom is 0.175 e. The van der Waals surface area contributed by atoms with Gasteiger partial charge in [0.2, 0.25) is 0 Å². The van der Waals surface area contributed by atoms with Crippen LogP contribution in [-0.4, -0.2) is 23.7 Å². The normalized spacial score (nSPS) is 11.3. The zero-order valence-electron chi connectivity index (χ0n) is 18.6. The van der Waals surface area contributed by atoms with Crippen molar-refractivity contribution in [1.82, 2.24) is 9.97 Å². The van der Waals surface area contributed by atoms with Gasteiger partial charge in [-0.2, -0.15) is 5.26 Å². The molecule has 0 unspecified atom stereocenters. The van der Waals surface area contributed by atoms with Crippen LogP contribution in [0, 0.1) is 20.7 Å². The van der Waals surface area contributed by atoms with Gasteiger partial charge in [0.25, 0.3) is 0 Å². The molecule has 0 spiro atoms. The molecule has 0 radical (unpaired) electrons. The Morgan fingerprint density at radius 2 is 2.00 bits per heavy atom. The number of imidazole rings is 1. The number of allylic oxidation sites excluding steroid dienone is 1. The summed E-state index contributed by atoms with van der Waals surface area (Å²) in [6, 6.07) is 17.9. The number of hydrogen-bond acceptors (Lipinski definition) is 5. The van der Waals surface area contributed by atoms with Crippen molar-refractivity contribution in [3.8, 4) is 23.3 Å². The molecule has 0 bridgehead atoms. The number of ether oxygens (including phenoxy) is 3. The Labute approximate surface area is 210 Å². The average molecular weight is 569 g/mol. The molecule has 0 aliphatic carbocycles. The maximum absolute atomic E-state index is 14.0. The highest BCUT2D eigenvalue weighted by atomic mass is 127. The summed E-state index contributed by atoms with van der Waals surface area (Å²) >= 11 is 2.15. The third-order valence-electron chi connectivity index (χ3n) is 5.04. The predicted molar refractivity (Wildman–Crippen MR) is 137 cm³/mol. The third kappa shape index (κ3) is 5.15. The van der Waals surface area contributed by atoms with Gasteiger partial charge in [0.15, 0.2) is 11.5 Å². The van der Waals surface area contributed by atoms with Gasteiger partial charge in [-0.1, -0.05) is 18.2 Å². The van der Waals surface area contributed by atoms with Crippen LogP contribution in [0.5, 0.6) is 17.2 Å². The fraction of sp³-hybridized carbons (Fsp3) is 0.154. The highest BCUT2D eigenvalue weighted by Crippen LogP contribution is 2.36. The number of aromatic nitrogens is 2. The summed E-state index contributed by atoms with van der Waals surface area (Å²) < 4.78 is 31.8. The molecule has 0 saturated carbocycles. The zero-order valence-corrected chi connectivity index (χ0v) is 20.7. The topological polar surface area (TPSA) is 80.2 Å². The number of rotatable bonds is 8. The van der Waals surface area contributed by atoms with Gasteiger partial charge in [-0.25, -0.2) is 9.37 Å². The number of nitrogens with one attached hydrogen (secondary N) is 1. The molecule has 0 atom stereocenters. The molecular weight excluding hydrogens is 548 g/mol. The average Bonchev–Trinajstić information content (AvgIpc) is 3.26. The number of methoxy groups -OCH3 is 1. The molecule has 172 valence electrons. The lowest BCUT2D eigenvalue weighted by molar-refractivity contribution is 0.264. The van der Waals surface area contributed by atoms with Crippen LogP contribution in [0.25, 0.3) is 22.7 Å². The molecule has 34 heavy (non-hydrogen) atoms. The van der Waals surface area contributed by atoms with E-state index in [9.17, 15) is 9.65 Å².